The van der Waals surface area contributed by atoms with Crippen molar-refractivity contribution in [1.29, 1.82) is 0 Å². The molecule has 0 aliphatic rings. The molecular formula is C15H24BrNO2. The zero-order chi connectivity index (χ0) is 14.4. The fourth-order valence-electron chi connectivity index (χ4n) is 2.50. The summed E-state index contributed by atoms with van der Waals surface area (Å²) in [5.74, 6) is 2.25. The molecule has 4 heteroatoms. The smallest absolute Gasteiger partial charge is 0.133 e. The zero-order valence-electron chi connectivity index (χ0n) is 12.4. The molecule has 1 aromatic rings. The maximum absolute atomic E-state index is 5.51. The van der Waals surface area contributed by atoms with Crippen LogP contribution in [0.5, 0.6) is 11.5 Å². The van der Waals surface area contributed by atoms with Gasteiger partial charge in [0.25, 0.3) is 0 Å². The average Bonchev–Trinajstić information content (AvgIpc) is 2.40. The fourth-order valence-corrected chi connectivity index (χ4v) is 2.98. The summed E-state index contributed by atoms with van der Waals surface area (Å²) in [4.78, 5) is 0. The third kappa shape index (κ3) is 3.86. The second kappa shape index (κ2) is 7.75. The monoisotopic (exact) mass is 329 g/mol. The lowest BCUT2D eigenvalue weighted by Crippen LogP contribution is -2.24. The van der Waals surface area contributed by atoms with Crippen LogP contribution in [0.4, 0.5) is 0 Å². The number of halogens is 1. The minimum absolute atomic E-state index is 0.261. The van der Waals surface area contributed by atoms with Crippen molar-refractivity contribution in [2.75, 3.05) is 21.3 Å². The maximum Gasteiger partial charge on any atom is 0.133 e. The van der Waals surface area contributed by atoms with Crippen molar-refractivity contribution < 1.29 is 9.47 Å². The van der Waals surface area contributed by atoms with E-state index in [1.165, 1.54) is 12.8 Å². The highest BCUT2D eigenvalue weighted by atomic mass is 79.9. The fraction of sp³-hybridized carbons (Fsp3) is 0.600. The highest BCUT2D eigenvalue weighted by Crippen LogP contribution is 2.38. The second-order valence-electron chi connectivity index (χ2n) is 4.76. The number of benzene rings is 1. The summed E-state index contributed by atoms with van der Waals surface area (Å²) in [6.07, 6.45) is 2.35. The molecule has 0 aromatic heterocycles. The van der Waals surface area contributed by atoms with Gasteiger partial charge >= 0.3 is 0 Å². The summed E-state index contributed by atoms with van der Waals surface area (Å²) < 4.78 is 11.8. The lowest BCUT2D eigenvalue weighted by molar-refractivity contribution is 0.351. The van der Waals surface area contributed by atoms with E-state index >= 15 is 0 Å². The highest BCUT2D eigenvalue weighted by molar-refractivity contribution is 9.10. The predicted molar refractivity (Wildman–Crippen MR) is 83.1 cm³/mol. The van der Waals surface area contributed by atoms with Crippen molar-refractivity contribution in [2.45, 2.75) is 32.7 Å². The first-order valence-corrected chi connectivity index (χ1v) is 7.46. The SMILES string of the molecule is CCCC(C)C(NC)c1cc(OC)c(Br)cc1OC. The molecule has 0 fully saturated rings. The summed E-state index contributed by atoms with van der Waals surface area (Å²) in [6, 6.07) is 4.28. The van der Waals surface area contributed by atoms with Crippen molar-refractivity contribution in [3.8, 4) is 11.5 Å². The number of nitrogens with one attached hydrogen (secondary N) is 1. The molecule has 108 valence electrons. The molecule has 0 radical (unpaired) electrons. The molecule has 2 atom stereocenters. The molecule has 0 saturated carbocycles. The van der Waals surface area contributed by atoms with Crippen molar-refractivity contribution in [3.05, 3.63) is 22.2 Å². The Balaban J connectivity index is 3.20. The van der Waals surface area contributed by atoms with Gasteiger partial charge < -0.3 is 14.8 Å². The van der Waals surface area contributed by atoms with Crippen LogP contribution in [0.3, 0.4) is 0 Å². The lowest BCUT2D eigenvalue weighted by atomic mass is 9.90. The van der Waals surface area contributed by atoms with E-state index in [2.05, 4.69) is 41.2 Å². The highest BCUT2D eigenvalue weighted by Gasteiger charge is 2.22. The third-order valence-corrected chi connectivity index (χ3v) is 4.08. The molecule has 0 saturated heterocycles. The standard InChI is InChI=1S/C15H24BrNO2/c1-6-7-10(2)15(17-3)11-8-14(19-5)12(16)9-13(11)18-4/h8-10,15,17H,6-7H2,1-5H3. The van der Waals surface area contributed by atoms with Gasteiger partial charge in [0.05, 0.1) is 18.7 Å². The van der Waals surface area contributed by atoms with Gasteiger partial charge in [0.15, 0.2) is 0 Å². The number of ether oxygens (including phenoxy) is 2. The van der Waals surface area contributed by atoms with E-state index in [0.29, 0.717) is 5.92 Å². The van der Waals surface area contributed by atoms with Crippen LogP contribution in [0.2, 0.25) is 0 Å². The predicted octanol–water partition coefficient (Wildman–Crippen LogP) is 4.16. The Kier molecular flexibility index (Phi) is 6.66. The van der Waals surface area contributed by atoms with Gasteiger partial charge in [0.1, 0.15) is 11.5 Å². The summed E-state index contributed by atoms with van der Waals surface area (Å²) in [7, 11) is 5.37. The molecule has 19 heavy (non-hydrogen) atoms. The van der Waals surface area contributed by atoms with Gasteiger partial charge in [-0.05, 0) is 47.4 Å². The molecule has 0 spiro atoms. The van der Waals surface area contributed by atoms with Gasteiger partial charge in [0.2, 0.25) is 0 Å². The molecule has 0 aliphatic heterocycles. The van der Waals surface area contributed by atoms with Crippen LogP contribution in [-0.2, 0) is 0 Å². The van der Waals surface area contributed by atoms with E-state index < -0.39 is 0 Å². The Morgan fingerprint density at radius 3 is 2.32 bits per heavy atom. The summed E-state index contributed by atoms with van der Waals surface area (Å²) >= 11 is 3.50. The van der Waals surface area contributed by atoms with E-state index in [4.69, 9.17) is 9.47 Å². The van der Waals surface area contributed by atoms with Gasteiger partial charge in [-0.15, -0.1) is 0 Å². The quantitative estimate of drug-likeness (QED) is 0.814. The third-order valence-electron chi connectivity index (χ3n) is 3.46. The van der Waals surface area contributed by atoms with Gasteiger partial charge in [0, 0.05) is 11.6 Å². The Morgan fingerprint density at radius 1 is 1.21 bits per heavy atom. The first-order chi connectivity index (χ1) is 9.08. The van der Waals surface area contributed by atoms with Crippen LogP contribution in [0.15, 0.2) is 16.6 Å². The number of rotatable bonds is 7. The van der Waals surface area contributed by atoms with Gasteiger partial charge in [-0.1, -0.05) is 20.3 Å². The molecule has 0 amide bonds. The van der Waals surface area contributed by atoms with Gasteiger partial charge in [-0.25, -0.2) is 0 Å². The minimum Gasteiger partial charge on any atom is -0.496 e. The summed E-state index contributed by atoms with van der Waals surface area (Å²) in [5, 5.41) is 3.40. The molecule has 1 rings (SSSR count). The second-order valence-corrected chi connectivity index (χ2v) is 5.62. The Hall–Kier alpha value is -0.740. The topological polar surface area (TPSA) is 30.5 Å². The van der Waals surface area contributed by atoms with Crippen molar-refractivity contribution in [2.24, 2.45) is 5.92 Å². The van der Waals surface area contributed by atoms with E-state index in [-0.39, 0.29) is 6.04 Å². The van der Waals surface area contributed by atoms with Crippen molar-refractivity contribution in [1.82, 2.24) is 5.32 Å². The maximum atomic E-state index is 5.51. The molecular weight excluding hydrogens is 306 g/mol. The van der Waals surface area contributed by atoms with Gasteiger partial charge in [-0.3, -0.25) is 0 Å². The zero-order valence-corrected chi connectivity index (χ0v) is 14.0. The van der Waals surface area contributed by atoms with E-state index in [1.807, 2.05) is 13.1 Å². The molecule has 1 N–H and O–H groups in total. The van der Waals surface area contributed by atoms with E-state index in [1.54, 1.807) is 14.2 Å². The van der Waals surface area contributed by atoms with Crippen molar-refractivity contribution in [3.63, 3.8) is 0 Å². The van der Waals surface area contributed by atoms with Crippen LogP contribution in [0.1, 0.15) is 38.3 Å². The largest absolute Gasteiger partial charge is 0.496 e. The molecule has 3 nitrogen and oxygen atoms in total. The first kappa shape index (κ1) is 16.3. The molecule has 0 aliphatic carbocycles. The van der Waals surface area contributed by atoms with Gasteiger partial charge in [-0.2, -0.15) is 0 Å². The molecule has 1 aromatic carbocycles. The van der Waals surface area contributed by atoms with E-state index in [9.17, 15) is 0 Å². The Bertz CT molecular complexity index is 409. The molecule has 2 unspecified atom stereocenters. The summed E-state index contributed by atoms with van der Waals surface area (Å²) in [5.41, 5.74) is 1.14. The van der Waals surface area contributed by atoms with Crippen LogP contribution < -0.4 is 14.8 Å². The number of hydrogen-bond donors (Lipinski definition) is 1. The summed E-state index contributed by atoms with van der Waals surface area (Å²) in [6.45, 7) is 4.47. The lowest BCUT2D eigenvalue weighted by Gasteiger charge is -2.26. The minimum atomic E-state index is 0.261. The Labute approximate surface area is 124 Å². The van der Waals surface area contributed by atoms with Crippen LogP contribution in [0, 0.1) is 5.92 Å². The van der Waals surface area contributed by atoms with E-state index in [0.717, 1.165) is 21.5 Å². The molecule has 0 heterocycles. The number of hydrogen-bond acceptors (Lipinski definition) is 3. The average molecular weight is 330 g/mol. The Morgan fingerprint density at radius 2 is 1.84 bits per heavy atom. The normalized spacial score (nSPS) is 14.0. The van der Waals surface area contributed by atoms with Crippen LogP contribution in [-0.4, -0.2) is 21.3 Å². The first-order valence-electron chi connectivity index (χ1n) is 6.67. The van der Waals surface area contributed by atoms with Crippen LogP contribution in [0.25, 0.3) is 0 Å². The van der Waals surface area contributed by atoms with Crippen molar-refractivity contribution >= 4 is 15.9 Å². The number of methoxy groups -OCH3 is 2. The van der Waals surface area contributed by atoms with Crippen LogP contribution >= 0.6 is 15.9 Å². The molecule has 0 bridgehead atoms.